The summed E-state index contributed by atoms with van der Waals surface area (Å²) in [7, 11) is 0. The Morgan fingerprint density at radius 1 is 1.03 bits per heavy atom. The van der Waals surface area contributed by atoms with Crippen LogP contribution in [0.15, 0.2) is 54.6 Å². The highest BCUT2D eigenvalue weighted by molar-refractivity contribution is 6.04. The van der Waals surface area contributed by atoms with E-state index in [4.69, 9.17) is 0 Å². The number of anilines is 2. The Morgan fingerprint density at radius 3 is 2.48 bits per heavy atom. The molecule has 0 spiro atoms. The van der Waals surface area contributed by atoms with Gasteiger partial charge in [-0.3, -0.25) is 14.8 Å². The molecule has 3 heterocycles. The van der Waals surface area contributed by atoms with Gasteiger partial charge in [0.25, 0.3) is 5.91 Å². The van der Waals surface area contributed by atoms with Crippen molar-refractivity contribution in [3.05, 3.63) is 83.3 Å². The number of nitrogens with zero attached hydrogens (tertiary/aromatic N) is 4. The zero-order valence-electron chi connectivity index (χ0n) is 16.6. The Hall–Kier alpha value is -3.75. The average molecular weight is 425 g/mol. The number of rotatable bonds is 4. The van der Waals surface area contributed by atoms with Crippen LogP contribution in [0.4, 0.5) is 24.7 Å². The minimum atomic E-state index is -0.964. The Bertz CT molecular complexity index is 1140. The van der Waals surface area contributed by atoms with Crippen molar-refractivity contribution in [1.29, 1.82) is 0 Å². The van der Waals surface area contributed by atoms with E-state index in [1.54, 1.807) is 12.3 Å². The van der Waals surface area contributed by atoms with Crippen LogP contribution in [0.1, 0.15) is 29.4 Å². The lowest BCUT2D eigenvalue weighted by molar-refractivity contribution is 0.101. The molecule has 3 aromatic rings. The highest BCUT2D eigenvalue weighted by Gasteiger charge is 2.22. The van der Waals surface area contributed by atoms with Crippen LogP contribution in [-0.4, -0.2) is 33.9 Å². The summed E-state index contributed by atoms with van der Waals surface area (Å²) in [4.78, 5) is 26.4. The molecule has 31 heavy (non-hydrogen) atoms. The van der Waals surface area contributed by atoms with E-state index < -0.39 is 28.9 Å². The van der Waals surface area contributed by atoms with Crippen LogP contribution in [0.2, 0.25) is 0 Å². The van der Waals surface area contributed by atoms with Gasteiger partial charge in [0.2, 0.25) is 0 Å². The van der Waals surface area contributed by atoms with E-state index in [0.29, 0.717) is 24.5 Å². The lowest BCUT2D eigenvalue weighted by Gasteiger charge is -2.31. The van der Waals surface area contributed by atoms with Gasteiger partial charge in [-0.2, -0.15) is 0 Å². The molecule has 0 saturated heterocycles. The number of hydrogen-bond acceptors (Lipinski definition) is 5. The Kier molecular flexibility index (Phi) is 5.66. The molecule has 0 radical (unpaired) electrons. The number of benzene rings is 1. The summed E-state index contributed by atoms with van der Waals surface area (Å²) in [5, 5.41) is 2.35. The molecule has 1 N–H and O–H groups in total. The van der Waals surface area contributed by atoms with Crippen molar-refractivity contribution in [2.24, 2.45) is 0 Å². The number of hydrogen-bond donors (Lipinski definition) is 1. The second-order valence-electron chi connectivity index (χ2n) is 7.10. The normalized spacial score (nSPS) is 14.0. The van der Waals surface area contributed by atoms with E-state index in [1.807, 2.05) is 11.8 Å². The van der Waals surface area contributed by atoms with E-state index in [9.17, 15) is 18.0 Å². The Labute approximate surface area is 176 Å². The van der Waals surface area contributed by atoms with E-state index >= 15 is 0 Å². The maximum absolute atomic E-state index is 14.1. The molecule has 0 unspecified atom stereocenters. The minimum absolute atomic E-state index is 0.0579. The molecule has 0 fully saturated rings. The predicted octanol–water partition coefficient (Wildman–Crippen LogP) is 4.23. The maximum Gasteiger partial charge on any atom is 0.262 e. The summed E-state index contributed by atoms with van der Waals surface area (Å²) < 4.78 is 41.7. The lowest BCUT2D eigenvalue weighted by atomic mass is 9.98. The molecule has 0 atom stereocenters. The average Bonchev–Trinajstić information content (AvgIpc) is 2.75. The fraction of sp³-hybridized carbons (Fsp3) is 0.182. The topological polar surface area (TPSA) is 71.0 Å². The zero-order valence-corrected chi connectivity index (χ0v) is 16.6. The van der Waals surface area contributed by atoms with Crippen molar-refractivity contribution >= 4 is 23.0 Å². The van der Waals surface area contributed by atoms with Crippen LogP contribution in [0.5, 0.6) is 0 Å². The number of pyridine rings is 1. The Morgan fingerprint density at radius 2 is 1.81 bits per heavy atom. The van der Waals surface area contributed by atoms with Gasteiger partial charge in [-0.1, -0.05) is 11.6 Å². The second kappa shape index (κ2) is 8.55. The summed E-state index contributed by atoms with van der Waals surface area (Å²) in [6.45, 7) is 3.08. The second-order valence-corrected chi connectivity index (χ2v) is 7.10. The standard InChI is InChI=1S/C22H18F3N5O/c1-13-6-8-30(19-5-7-26-9-17(19)25)12-14(13)18-10-28-20(11-27-18)29-22(31)21-15(23)3-2-4-16(21)24/h2-5,7,9-11H,6,8,12H2,1H3,(H,28,29,31). The van der Waals surface area contributed by atoms with Gasteiger partial charge < -0.3 is 10.2 Å². The third-order valence-electron chi connectivity index (χ3n) is 5.11. The van der Waals surface area contributed by atoms with Gasteiger partial charge in [-0.25, -0.2) is 18.2 Å². The van der Waals surface area contributed by atoms with Crippen LogP contribution in [0, 0.1) is 17.5 Å². The zero-order chi connectivity index (χ0) is 22.0. The molecule has 0 saturated carbocycles. The van der Waals surface area contributed by atoms with Crippen molar-refractivity contribution in [3.63, 3.8) is 0 Å². The van der Waals surface area contributed by atoms with Crippen LogP contribution in [0.3, 0.4) is 0 Å². The van der Waals surface area contributed by atoms with Gasteiger partial charge in [0.15, 0.2) is 11.6 Å². The molecule has 1 aliphatic rings. The predicted molar refractivity (Wildman–Crippen MR) is 110 cm³/mol. The highest BCUT2D eigenvalue weighted by atomic mass is 19.1. The Balaban J connectivity index is 1.52. The summed E-state index contributed by atoms with van der Waals surface area (Å²) in [5.74, 6) is -3.22. The molecule has 1 amide bonds. The van der Waals surface area contributed by atoms with Gasteiger partial charge in [-0.05, 0) is 37.1 Å². The third kappa shape index (κ3) is 4.25. The van der Waals surface area contributed by atoms with Gasteiger partial charge in [-0.15, -0.1) is 0 Å². The first-order chi connectivity index (χ1) is 14.9. The molecule has 1 aromatic carbocycles. The van der Waals surface area contributed by atoms with Gasteiger partial charge in [0.05, 0.1) is 30.0 Å². The molecule has 9 heteroatoms. The third-order valence-corrected chi connectivity index (χ3v) is 5.11. The molecule has 4 rings (SSSR count). The fourth-order valence-corrected chi connectivity index (χ4v) is 3.43. The van der Waals surface area contributed by atoms with Crippen LogP contribution >= 0.6 is 0 Å². The molecule has 0 bridgehead atoms. The van der Waals surface area contributed by atoms with Crippen LogP contribution < -0.4 is 10.2 Å². The summed E-state index contributed by atoms with van der Waals surface area (Å²) in [5.41, 5.74) is 2.35. The number of halogens is 3. The van der Waals surface area contributed by atoms with E-state index in [2.05, 4.69) is 20.3 Å². The van der Waals surface area contributed by atoms with Crippen molar-refractivity contribution in [3.8, 4) is 0 Å². The maximum atomic E-state index is 14.1. The number of carbonyl (C=O) groups excluding carboxylic acids is 1. The molecule has 0 aliphatic carbocycles. The SMILES string of the molecule is CC1=C(c2cnc(NC(=O)c3c(F)cccc3F)cn2)CN(c2ccncc2F)CC1. The lowest BCUT2D eigenvalue weighted by Crippen LogP contribution is -2.31. The van der Waals surface area contributed by atoms with Gasteiger partial charge >= 0.3 is 0 Å². The van der Waals surface area contributed by atoms with Crippen LogP contribution in [-0.2, 0) is 0 Å². The first-order valence-corrected chi connectivity index (χ1v) is 9.55. The number of nitrogens with one attached hydrogen (secondary N) is 1. The quantitative estimate of drug-likeness (QED) is 0.678. The van der Waals surface area contributed by atoms with Crippen molar-refractivity contribution in [2.75, 3.05) is 23.3 Å². The fourth-order valence-electron chi connectivity index (χ4n) is 3.43. The van der Waals surface area contributed by atoms with E-state index in [0.717, 1.165) is 29.7 Å². The smallest absolute Gasteiger partial charge is 0.262 e. The van der Waals surface area contributed by atoms with E-state index in [-0.39, 0.29) is 5.82 Å². The van der Waals surface area contributed by atoms with Crippen molar-refractivity contribution in [2.45, 2.75) is 13.3 Å². The summed E-state index contributed by atoms with van der Waals surface area (Å²) in [6.07, 6.45) is 6.23. The molecule has 158 valence electrons. The first kappa shape index (κ1) is 20.5. The summed E-state index contributed by atoms with van der Waals surface area (Å²) in [6, 6.07) is 4.81. The molecule has 6 nitrogen and oxygen atoms in total. The van der Waals surface area contributed by atoms with Gasteiger partial charge in [0, 0.05) is 19.3 Å². The van der Waals surface area contributed by atoms with Gasteiger partial charge in [0.1, 0.15) is 17.2 Å². The minimum Gasteiger partial charge on any atom is -0.364 e. The van der Waals surface area contributed by atoms with Crippen molar-refractivity contribution < 1.29 is 18.0 Å². The molecule has 1 aliphatic heterocycles. The number of carbonyl (C=O) groups is 1. The first-order valence-electron chi connectivity index (χ1n) is 9.55. The van der Waals surface area contributed by atoms with Crippen molar-refractivity contribution in [1.82, 2.24) is 15.0 Å². The van der Waals surface area contributed by atoms with E-state index in [1.165, 1.54) is 24.7 Å². The largest absolute Gasteiger partial charge is 0.364 e. The number of amides is 1. The molecule has 2 aromatic heterocycles. The highest BCUT2D eigenvalue weighted by Crippen LogP contribution is 2.29. The molecular weight excluding hydrogens is 407 g/mol. The monoisotopic (exact) mass is 425 g/mol. The summed E-state index contributed by atoms with van der Waals surface area (Å²) >= 11 is 0. The number of aromatic nitrogens is 3. The van der Waals surface area contributed by atoms with Crippen LogP contribution in [0.25, 0.3) is 5.57 Å². The molecular formula is C22H18F3N5O.